The van der Waals surface area contributed by atoms with Crippen LogP contribution >= 0.6 is 0 Å². The van der Waals surface area contributed by atoms with Crippen molar-refractivity contribution in [1.82, 2.24) is 10.2 Å². The number of methoxy groups -OCH3 is 1. The number of carbonyl (C=O) groups is 1. The molecule has 0 aliphatic carbocycles. The summed E-state index contributed by atoms with van der Waals surface area (Å²) in [6.07, 6.45) is 4.28. The molecule has 0 amide bonds. The zero-order valence-corrected chi connectivity index (χ0v) is 14.3. The summed E-state index contributed by atoms with van der Waals surface area (Å²) in [6, 6.07) is 0. The van der Waals surface area contributed by atoms with Crippen molar-refractivity contribution in [2.24, 2.45) is 5.92 Å². The van der Waals surface area contributed by atoms with Gasteiger partial charge in [-0.1, -0.05) is 33.6 Å². The molecular formula is C16H34N2O2. The van der Waals surface area contributed by atoms with Gasteiger partial charge in [-0.2, -0.15) is 0 Å². The molecular weight excluding hydrogens is 252 g/mol. The predicted octanol–water partition coefficient (Wildman–Crippen LogP) is 2.68. The number of hydrogen-bond acceptors (Lipinski definition) is 4. The number of carbonyl (C=O) groups excluding carboxylic acids is 1. The van der Waals surface area contributed by atoms with E-state index in [1.807, 2.05) is 14.0 Å². The second-order valence-corrected chi connectivity index (χ2v) is 5.75. The lowest BCUT2D eigenvalue weighted by Gasteiger charge is -2.29. The summed E-state index contributed by atoms with van der Waals surface area (Å²) >= 11 is 0. The number of ether oxygens (including phenoxy) is 1. The Bertz CT molecular complexity index is 267. The molecule has 1 atom stereocenters. The minimum atomic E-state index is -0.566. The van der Waals surface area contributed by atoms with Crippen molar-refractivity contribution in [2.75, 3.05) is 33.8 Å². The summed E-state index contributed by atoms with van der Waals surface area (Å²) in [4.78, 5) is 14.3. The molecule has 0 saturated heterocycles. The van der Waals surface area contributed by atoms with E-state index in [9.17, 15) is 4.79 Å². The second kappa shape index (κ2) is 10.2. The van der Waals surface area contributed by atoms with Gasteiger partial charge in [-0.15, -0.1) is 0 Å². The van der Waals surface area contributed by atoms with Gasteiger partial charge in [0, 0.05) is 6.54 Å². The van der Waals surface area contributed by atoms with Gasteiger partial charge in [-0.05, 0) is 45.8 Å². The van der Waals surface area contributed by atoms with E-state index in [4.69, 9.17) is 4.74 Å². The summed E-state index contributed by atoms with van der Waals surface area (Å²) in [6.45, 7) is 11.9. The van der Waals surface area contributed by atoms with E-state index in [0.717, 1.165) is 38.4 Å². The molecule has 0 saturated carbocycles. The molecule has 120 valence electrons. The Kier molecular flexibility index (Phi) is 9.86. The smallest absolute Gasteiger partial charge is 0.325 e. The predicted molar refractivity (Wildman–Crippen MR) is 84.9 cm³/mol. The molecule has 1 N–H and O–H groups in total. The summed E-state index contributed by atoms with van der Waals surface area (Å²) in [5.74, 6) is 0.606. The Balaban J connectivity index is 4.27. The summed E-state index contributed by atoms with van der Waals surface area (Å²) < 4.78 is 4.87. The molecule has 0 radical (unpaired) electrons. The summed E-state index contributed by atoms with van der Waals surface area (Å²) in [7, 11) is 3.27. The van der Waals surface area contributed by atoms with E-state index in [1.165, 1.54) is 20.0 Å². The van der Waals surface area contributed by atoms with Crippen molar-refractivity contribution in [3.05, 3.63) is 0 Å². The quantitative estimate of drug-likeness (QED) is 0.593. The first-order valence-electron chi connectivity index (χ1n) is 7.96. The third kappa shape index (κ3) is 6.23. The first-order chi connectivity index (χ1) is 9.47. The number of esters is 1. The first-order valence-corrected chi connectivity index (χ1v) is 7.96. The number of rotatable bonds is 11. The third-order valence-corrected chi connectivity index (χ3v) is 4.46. The fourth-order valence-electron chi connectivity index (χ4n) is 2.50. The van der Waals surface area contributed by atoms with E-state index >= 15 is 0 Å². The fraction of sp³-hybridized carbons (Fsp3) is 0.938. The molecule has 0 spiro atoms. The minimum Gasteiger partial charge on any atom is -0.468 e. The fourth-order valence-corrected chi connectivity index (χ4v) is 2.50. The van der Waals surface area contributed by atoms with Crippen LogP contribution in [0.4, 0.5) is 0 Å². The van der Waals surface area contributed by atoms with Crippen LogP contribution in [0.25, 0.3) is 0 Å². The molecule has 0 aromatic heterocycles. The molecule has 0 heterocycles. The van der Waals surface area contributed by atoms with Crippen LogP contribution in [-0.2, 0) is 9.53 Å². The number of likely N-dealkylation sites (N-methyl/N-ethyl adjacent to an activating group) is 1. The van der Waals surface area contributed by atoms with Crippen LogP contribution in [0.2, 0.25) is 0 Å². The topological polar surface area (TPSA) is 41.6 Å². The van der Waals surface area contributed by atoms with E-state index in [2.05, 4.69) is 31.0 Å². The normalized spacial score (nSPS) is 14.6. The molecule has 20 heavy (non-hydrogen) atoms. The Hall–Kier alpha value is -0.610. The largest absolute Gasteiger partial charge is 0.468 e. The molecule has 0 rings (SSSR count). The maximum Gasteiger partial charge on any atom is 0.325 e. The molecule has 4 nitrogen and oxygen atoms in total. The van der Waals surface area contributed by atoms with Crippen LogP contribution in [0, 0.1) is 5.92 Å². The van der Waals surface area contributed by atoms with Gasteiger partial charge in [-0.3, -0.25) is 4.79 Å². The SMILES string of the molecule is CCC(CC)CN(CC)CCCC(C)(NC)C(=O)OC. The van der Waals surface area contributed by atoms with Gasteiger partial charge in [0.05, 0.1) is 7.11 Å². The first kappa shape index (κ1) is 19.4. The van der Waals surface area contributed by atoms with Crippen molar-refractivity contribution < 1.29 is 9.53 Å². The van der Waals surface area contributed by atoms with Gasteiger partial charge in [-0.25, -0.2) is 0 Å². The van der Waals surface area contributed by atoms with Crippen LogP contribution in [0.5, 0.6) is 0 Å². The molecule has 0 bridgehead atoms. The molecule has 4 heteroatoms. The molecule has 0 aliphatic heterocycles. The van der Waals surface area contributed by atoms with Gasteiger partial charge in [0.1, 0.15) is 5.54 Å². The second-order valence-electron chi connectivity index (χ2n) is 5.75. The average molecular weight is 286 g/mol. The summed E-state index contributed by atoms with van der Waals surface area (Å²) in [5.41, 5.74) is -0.566. The standard InChI is InChI=1S/C16H34N2O2/c1-7-14(8-2)13-18(9-3)12-10-11-16(4,17-5)15(19)20-6/h14,17H,7-13H2,1-6H3. The van der Waals surface area contributed by atoms with Crippen molar-refractivity contribution in [3.8, 4) is 0 Å². The molecule has 0 aromatic carbocycles. The molecule has 0 aromatic rings. The molecule has 1 unspecified atom stereocenters. The third-order valence-electron chi connectivity index (χ3n) is 4.46. The van der Waals surface area contributed by atoms with Gasteiger partial charge >= 0.3 is 5.97 Å². The minimum absolute atomic E-state index is 0.178. The van der Waals surface area contributed by atoms with Crippen LogP contribution in [0.1, 0.15) is 53.4 Å². The van der Waals surface area contributed by atoms with E-state index in [0.29, 0.717) is 0 Å². The lowest BCUT2D eigenvalue weighted by Crippen LogP contribution is -2.48. The highest BCUT2D eigenvalue weighted by atomic mass is 16.5. The highest BCUT2D eigenvalue weighted by molar-refractivity contribution is 5.80. The van der Waals surface area contributed by atoms with Crippen LogP contribution < -0.4 is 5.32 Å². The van der Waals surface area contributed by atoms with E-state index < -0.39 is 5.54 Å². The Morgan fingerprint density at radius 2 is 1.90 bits per heavy atom. The lowest BCUT2D eigenvalue weighted by atomic mass is 9.95. The van der Waals surface area contributed by atoms with Gasteiger partial charge in [0.2, 0.25) is 0 Å². The van der Waals surface area contributed by atoms with Crippen LogP contribution in [0.3, 0.4) is 0 Å². The monoisotopic (exact) mass is 286 g/mol. The summed E-state index contributed by atoms with van der Waals surface area (Å²) in [5, 5.41) is 3.09. The van der Waals surface area contributed by atoms with Gasteiger partial charge in [0.25, 0.3) is 0 Å². The maximum atomic E-state index is 11.8. The van der Waals surface area contributed by atoms with Crippen LogP contribution in [-0.4, -0.2) is 50.2 Å². The van der Waals surface area contributed by atoms with E-state index in [1.54, 1.807) is 0 Å². The Morgan fingerprint density at radius 1 is 1.30 bits per heavy atom. The maximum absolute atomic E-state index is 11.8. The van der Waals surface area contributed by atoms with Crippen molar-refractivity contribution >= 4 is 5.97 Å². The van der Waals surface area contributed by atoms with Gasteiger partial charge in [0.15, 0.2) is 0 Å². The molecule has 0 aliphatic rings. The lowest BCUT2D eigenvalue weighted by molar-refractivity contribution is -0.148. The van der Waals surface area contributed by atoms with Crippen molar-refractivity contribution in [3.63, 3.8) is 0 Å². The van der Waals surface area contributed by atoms with E-state index in [-0.39, 0.29) is 5.97 Å². The highest BCUT2D eigenvalue weighted by Crippen LogP contribution is 2.16. The zero-order valence-electron chi connectivity index (χ0n) is 14.3. The van der Waals surface area contributed by atoms with Crippen molar-refractivity contribution in [1.29, 1.82) is 0 Å². The molecule has 0 fully saturated rings. The van der Waals surface area contributed by atoms with Crippen molar-refractivity contribution in [2.45, 2.75) is 58.9 Å². The Labute approximate surface area is 125 Å². The number of hydrogen-bond donors (Lipinski definition) is 1. The zero-order chi connectivity index (χ0) is 15.6. The Morgan fingerprint density at radius 3 is 2.30 bits per heavy atom. The highest BCUT2D eigenvalue weighted by Gasteiger charge is 2.31. The number of nitrogens with zero attached hydrogens (tertiary/aromatic N) is 1. The average Bonchev–Trinajstić information content (AvgIpc) is 2.49. The number of nitrogens with one attached hydrogen (secondary N) is 1. The van der Waals surface area contributed by atoms with Gasteiger partial charge < -0.3 is 15.0 Å². The van der Waals surface area contributed by atoms with Crippen LogP contribution in [0.15, 0.2) is 0 Å².